The number of aliphatic hydroxyl groups excluding tert-OH is 1. The quantitative estimate of drug-likeness (QED) is 0.562. The van der Waals surface area contributed by atoms with Crippen molar-refractivity contribution in [3.63, 3.8) is 0 Å². The average Bonchev–Trinajstić information content (AvgIpc) is 3.17. The van der Waals surface area contributed by atoms with E-state index in [0.717, 1.165) is 12.8 Å². The van der Waals surface area contributed by atoms with Gasteiger partial charge in [0.25, 0.3) is 0 Å². The summed E-state index contributed by atoms with van der Waals surface area (Å²) in [6.07, 6.45) is 1.62. The van der Waals surface area contributed by atoms with Crippen molar-refractivity contribution >= 4 is 6.09 Å². The summed E-state index contributed by atoms with van der Waals surface area (Å²) in [4.78, 5) is 17.7. The topological polar surface area (TPSA) is 110 Å². The third-order valence-electron chi connectivity index (χ3n) is 3.50. The van der Waals surface area contributed by atoms with Crippen LogP contribution in [0.3, 0.4) is 0 Å². The number of likely N-dealkylation sites (tertiary alicyclic amines) is 1. The number of carbonyl (C=O) groups is 1. The van der Waals surface area contributed by atoms with Gasteiger partial charge >= 0.3 is 6.09 Å². The standard InChI is InChI=1S/C16H26N4O5/c1-5-9-23-15(22)20-8-6-7-11(20)13-18-12(19-25-13)10-17-14(21)24-16(2,3)4/h5,11,15,22H,1,6-10H2,2-4H3,(H,17,21)/t11-,15?/m1/s1. The molecule has 2 rings (SSSR count). The summed E-state index contributed by atoms with van der Waals surface area (Å²) in [7, 11) is 0. The Morgan fingerprint density at radius 1 is 1.60 bits per heavy atom. The fourth-order valence-electron chi connectivity index (χ4n) is 2.51. The van der Waals surface area contributed by atoms with Gasteiger partial charge in [0, 0.05) is 6.54 Å². The van der Waals surface area contributed by atoms with Crippen molar-refractivity contribution in [3.05, 3.63) is 24.4 Å². The predicted octanol–water partition coefficient (Wildman–Crippen LogP) is 1.71. The largest absolute Gasteiger partial charge is 0.444 e. The minimum absolute atomic E-state index is 0.0979. The number of rotatable bonds is 7. The highest BCUT2D eigenvalue weighted by molar-refractivity contribution is 5.67. The van der Waals surface area contributed by atoms with Gasteiger partial charge in [-0.2, -0.15) is 4.98 Å². The molecule has 1 unspecified atom stereocenters. The number of alkyl carbamates (subject to hydrolysis) is 1. The minimum atomic E-state index is -1.05. The first-order valence-electron chi connectivity index (χ1n) is 8.26. The second-order valence-corrected chi connectivity index (χ2v) is 6.75. The molecule has 0 spiro atoms. The van der Waals surface area contributed by atoms with Gasteiger partial charge in [-0.1, -0.05) is 11.2 Å². The summed E-state index contributed by atoms with van der Waals surface area (Å²) in [6.45, 7) is 9.92. The van der Waals surface area contributed by atoms with Crippen LogP contribution in [0, 0.1) is 0 Å². The molecule has 9 heteroatoms. The third kappa shape index (κ3) is 5.80. The van der Waals surface area contributed by atoms with E-state index in [1.54, 1.807) is 31.7 Å². The Hall–Kier alpha value is -1.97. The number of amides is 1. The first kappa shape index (κ1) is 19.4. The van der Waals surface area contributed by atoms with Crippen molar-refractivity contribution in [3.8, 4) is 0 Å². The summed E-state index contributed by atoms with van der Waals surface area (Å²) in [5.41, 5.74) is -0.571. The van der Waals surface area contributed by atoms with Gasteiger partial charge in [0.05, 0.1) is 19.2 Å². The monoisotopic (exact) mass is 354 g/mol. The molecule has 0 bridgehead atoms. The van der Waals surface area contributed by atoms with E-state index in [9.17, 15) is 9.90 Å². The molecule has 1 aromatic rings. The molecule has 9 nitrogen and oxygen atoms in total. The molecule has 2 heterocycles. The molecule has 25 heavy (non-hydrogen) atoms. The van der Waals surface area contributed by atoms with E-state index in [1.807, 2.05) is 0 Å². The molecular formula is C16H26N4O5. The molecule has 1 amide bonds. The first-order valence-corrected chi connectivity index (χ1v) is 8.26. The summed E-state index contributed by atoms with van der Waals surface area (Å²) < 4.78 is 15.7. The van der Waals surface area contributed by atoms with Crippen molar-refractivity contribution in [2.75, 3.05) is 13.2 Å². The van der Waals surface area contributed by atoms with Crippen molar-refractivity contribution < 1.29 is 23.9 Å². The number of aromatic nitrogens is 2. The molecule has 0 aromatic carbocycles. The van der Waals surface area contributed by atoms with Gasteiger partial charge in [-0.3, -0.25) is 0 Å². The lowest BCUT2D eigenvalue weighted by Crippen LogP contribution is -2.37. The third-order valence-corrected chi connectivity index (χ3v) is 3.50. The normalized spacial score (nSPS) is 19.6. The maximum Gasteiger partial charge on any atom is 0.408 e. The lowest BCUT2D eigenvalue weighted by molar-refractivity contribution is -0.194. The van der Waals surface area contributed by atoms with E-state index in [0.29, 0.717) is 18.3 Å². The zero-order valence-electron chi connectivity index (χ0n) is 14.9. The molecule has 0 aliphatic carbocycles. The molecule has 2 atom stereocenters. The highest BCUT2D eigenvalue weighted by Crippen LogP contribution is 2.32. The predicted molar refractivity (Wildman–Crippen MR) is 88.2 cm³/mol. The molecule has 2 N–H and O–H groups in total. The van der Waals surface area contributed by atoms with Gasteiger partial charge in [0.2, 0.25) is 12.3 Å². The van der Waals surface area contributed by atoms with Crippen molar-refractivity contribution in [1.29, 1.82) is 0 Å². The summed E-state index contributed by atoms with van der Waals surface area (Å²) in [5, 5.41) is 16.5. The molecule has 1 saturated heterocycles. The van der Waals surface area contributed by atoms with Crippen LogP contribution in [0.15, 0.2) is 17.2 Å². The fourth-order valence-corrected chi connectivity index (χ4v) is 2.51. The van der Waals surface area contributed by atoms with E-state index in [4.69, 9.17) is 14.0 Å². The molecule has 1 aliphatic rings. The van der Waals surface area contributed by atoms with Crippen LogP contribution in [-0.2, 0) is 16.0 Å². The van der Waals surface area contributed by atoms with Crippen LogP contribution in [0.4, 0.5) is 4.79 Å². The zero-order chi connectivity index (χ0) is 18.4. The van der Waals surface area contributed by atoms with Crippen LogP contribution >= 0.6 is 0 Å². The molecule has 0 radical (unpaired) electrons. The number of hydrogen-bond acceptors (Lipinski definition) is 8. The number of hydrogen-bond donors (Lipinski definition) is 2. The van der Waals surface area contributed by atoms with Crippen LogP contribution in [0.5, 0.6) is 0 Å². The Morgan fingerprint density at radius 2 is 2.36 bits per heavy atom. The van der Waals surface area contributed by atoms with E-state index >= 15 is 0 Å². The second kappa shape index (κ2) is 8.41. The molecule has 140 valence electrons. The summed E-state index contributed by atoms with van der Waals surface area (Å²) >= 11 is 0. The van der Waals surface area contributed by atoms with Crippen LogP contribution in [0.2, 0.25) is 0 Å². The van der Waals surface area contributed by atoms with Crippen molar-refractivity contribution in [2.24, 2.45) is 0 Å². The maximum absolute atomic E-state index is 11.7. The minimum Gasteiger partial charge on any atom is -0.444 e. The van der Waals surface area contributed by atoms with Gasteiger partial charge in [0.15, 0.2) is 5.82 Å². The Labute approximate surface area is 147 Å². The van der Waals surface area contributed by atoms with Crippen LogP contribution in [0.1, 0.15) is 51.4 Å². The Balaban J connectivity index is 1.91. The molecule has 1 aromatic heterocycles. The molecule has 0 saturated carbocycles. The van der Waals surface area contributed by atoms with Gasteiger partial charge in [-0.25, -0.2) is 9.69 Å². The van der Waals surface area contributed by atoms with Crippen LogP contribution < -0.4 is 5.32 Å². The summed E-state index contributed by atoms with van der Waals surface area (Å²) in [5.74, 6) is 0.731. The Kier molecular flexibility index (Phi) is 6.51. The number of nitrogens with one attached hydrogen (secondary N) is 1. The van der Waals surface area contributed by atoms with E-state index in [2.05, 4.69) is 22.0 Å². The Morgan fingerprint density at radius 3 is 3.04 bits per heavy atom. The van der Waals surface area contributed by atoms with Crippen LogP contribution in [0.25, 0.3) is 0 Å². The van der Waals surface area contributed by atoms with Crippen molar-refractivity contribution in [2.45, 2.75) is 58.2 Å². The maximum atomic E-state index is 11.7. The van der Waals surface area contributed by atoms with Crippen LogP contribution in [-0.4, -0.2) is 51.4 Å². The fraction of sp³-hybridized carbons (Fsp3) is 0.688. The van der Waals surface area contributed by atoms with Crippen molar-refractivity contribution in [1.82, 2.24) is 20.4 Å². The van der Waals surface area contributed by atoms with Gasteiger partial charge in [-0.15, -0.1) is 6.58 Å². The number of ether oxygens (including phenoxy) is 2. The van der Waals surface area contributed by atoms with E-state index in [-0.39, 0.29) is 19.2 Å². The Bertz CT molecular complexity index is 583. The highest BCUT2D eigenvalue weighted by Gasteiger charge is 2.35. The van der Waals surface area contributed by atoms with Gasteiger partial charge in [-0.05, 0) is 33.6 Å². The molecular weight excluding hydrogens is 328 g/mol. The second-order valence-electron chi connectivity index (χ2n) is 6.75. The SMILES string of the molecule is C=CCOC(O)N1CCC[C@@H]1c1nc(CNC(=O)OC(C)(C)C)no1. The lowest BCUT2D eigenvalue weighted by Gasteiger charge is -2.26. The lowest BCUT2D eigenvalue weighted by atomic mass is 10.2. The average molecular weight is 354 g/mol. The van der Waals surface area contributed by atoms with E-state index < -0.39 is 18.1 Å². The number of nitrogens with zero attached hydrogens (tertiary/aromatic N) is 3. The highest BCUT2D eigenvalue weighted by atomic mass is 16.6. The van der Waals surface area contributed by atoms with Gasteiger partial charge < -0.3 is 24.4 Å². The number of carbonyl (C=O) groups excluding carboxylic acids is 1. The number of aliphatic hydroxyl groups is 1. The van der Waals surface area contributed by atoms with E-state index in [1.165, 1.54) is 0 Å². The summed E-state index contributed by atoms with van der Waals surface area (Å²) in [6, 6.07) is -0.220. The van der Waals surface area contributed by atoms with Gasteiger partial charge in [0.1, 0.15) is 5.60 Å². The molecule has 1 fully saturated rings. The zero-order valence-corrected chi connectivity index (χ0v) is 14.9. The molecule has 1 aliphatic heterocycles. The first-order chi connectivity index (χ1) is 11.8. The smallest absolute Gasteiger partial charge is 0.408 e.